The van der Waals surface area contributed by atoms with Crippen molar-refractivity contribution in [1.29, 1.82) is 0 Å². The molecule has 6 heteroatoms. The third-order valence-electron chi connectivity index (χ3n) is 4.57. The maximum Gasteiger partial charge on any atom is 0.303 e. The third kappa shape index (κ3) is 8.12. The lowest BCUT2D eigenvalue weighted by atomic mass is 10.0. The molecule has 144 valence electrons. The highest BCUT2D eigenvalue weighted by Crippen LogP contribution is 2.44. The molecule has 1 heterocycles. The van der Waals surface area contributed by atoms with Gasteiger partial charge >= 0.3 is 5.97 Å². The zero-order valence-electron chi connectivity index (χ0n) is 15.4. The standard InChI is InChI=1S/C19H32NO5/c1-3-14-19(20-2)18(25-19)16(22)12-9-8-11-15(21)10-6-4-5-7-13-17(23)24/h3,14,16,18,22H,4-13H2,1-2H3,(H,23,24)/q-1. The van der Waals surface area contributed by atoms with Gasteiger partial charge in [0.2, 0.25) is 0 Å². The van der Waals surface area contributed by atoms with Gasteiger partial charge in [0.25, 0.3) is 0 Å². The van der Waals surface area contributed by atoms with Crippen molar-refractivity contribution >= 4 is 11.8 Å². The summed E-state index contributed by atoms with van der Waals surface area (Å²) in [6.45, 7) is 1.90. The molecule has 2 N–H and O–H groups in total. The molecule has 0 spiro atoms. The van der Waals surface area contributed by atoms with Gasteiger partial charge in [0.15, 0.2) is 0 Å². The zero-order valence-corrected chi connectivity index (χ0v) is 15.4. The molecule has 3 unspecified atom stereocenters. The molecule has 0 amide bonds. The number of allylic oxidation sites excluding steroid dienone is 1. The summed E-state index contributed by atoms with van der Waals surface area (Å²) in [5.74, 6) is -0.507. The number of rotatable bonds is 15. The van der Waals surface area contributed by atoms with E-state index in [0.29, 0.717) is 25.7 Å². The van der Waals surface area contributed by atoms with Gasteiger partial charge in [0, 0.05) is 25.0 Å². The van der Waals surface area contributed by atoms with Crippen molar-refractivity contribution in [2.75, 3.05) is 7.05 Å². The maximum atomic E-state index is 11.8. The normalized spacial score (nSPS) is 23.7. The number of Topliss-reactive ketones (excluding diaryl/α,β-unsaturated/α-hetero) is 1. The number of ether oxygens (including phenoxy) is 1. The third-order valence-corrected chi connectivity index (χ3v) is 4.57. The number of carbonyl (C=O) groups excluding carboxylic acids is 1. The number of hydrogen-bond acceptors (Lipinski definition) is 4. The highest BCUT2D eigenvalue weighted by atomic mass is 16.6. The van der Waals surface area contributed by atoms with Crippen molar-refractivity contribution in [2.45, 2.75) is 89.1 Å². The Morgan fingerprint density at radius 2 is 1.72 bits per heavy atom. The summed E-state index contributed by atoms with van der Waals surface area (Å²) in [5.41, 5.74) is -0.648. The first-order valence-corrected chi connectivity index (χ1v) is 9.29. The first kappa shape index (κ1) is 21.8. The molecule has 0 aliphatic carbocycles. The van der Waals surface area contributed by atoms with E-state index in [9.17, 15) is 14.7 Å². The van der Waals surface area contributed by atoms with Gasteiger partial charge in [0.1, 0.15) is 5.78 Å². The van der Waals surface area contributed by atoms with Crippen molar-refractivity contribution in [2.24, 2.45) is 0 Å². The topological polar surface area (TPSA) is 101 Å². The lowest BCUT2D eigenvalue weighted by Gasteiger charge is -2.21. The highest BCUT2D eigenvalue weighted by Gasteiger charge is 2.49. The lowest BCUT2D eigenvalue weighted by molar-refractivity contribution is -0.137. The van der Waals surface area contributed by atoms with Crippen molar-refractivity contribution < 1.29 is 24.5 Å². The summed E-state index contributed by atoms with van der Waals surface area (Å²) in [7, 11) is 1.69. The van der Waals surface area contributed by atoms with Gasteiger partial charge in [-0.05, 0) is 32.6 Å². The van der Waals surface area contributed by atoms with Crippen LogP contribution in [0.25, 0.3) is 5.32 Å². The van der Waals surface area contributed by atoms with Gasteiger partial charge in [-0.25, -0.2) is 0 Å². The summed E-state index contributed by atoms with van der Waals surface area (Å²) in [5, 5.41) is 22.9. The number of aliphatic carboxylic acids is 1. The van der Waals surface area contributed by atoms with Crippen LogP contribution in [0, 0.1) is 0 Å². The Hall–Kier alpha value is -1.24. The number of carbonyl (C=O) groups is 2. The average molecular weight is 354 g/mol. The molecule has 0 saturated carbocycles. The second kappa shape index (κ2) is 11.4. The number of epoxide rings is 1. The molecule has 1 aliphatic rings. The van der Waals surface area contributed by atoms with Crippen LogP contribution in [0.15, 0.2) is 12.2 Å². The SMILES string of the molecule is CC=CC1([N-]C)OC1C(O)CCCCC(=O)CCCCCCC(=O)O. The van der Waals surface area contributed by atoms with Crippen LogP contribution in [0.2, 0.25) is 0 Å². The van der Waals surface area contributed by atoms with Gasteiger partial charge in [-0.1, -0.05) is 31.4 Å². The quantitative estimate of drug-likeness (QED) is 0.266. The predicted octanol–water partition coefficient (Wildman–Crippen LogP) is 3.58. The van der Waals surface area contributed by atoms with Crippen molar-refractivity contribution in [3.63, 3.8) is 0 Å². The minimum absolute atomic E-state index is 0.210. The minimum Gasteiger partial charge on any atom is -0.631 e. The molecular formula is C19H32NO5-. The van der Waals surface area contributed by atoms with Crippen molar-refractivity contribution in [1.82, 2.24) is 0 Å². The lowest BCUT2D eigenvalue weighted by Crippen LogP contribution is -2.22. The molecule has 0 radical (unpaired) electrons. The van der Waals surface area contributed by atoms with Crippen LogP contribution in [0.1, 0.15) is 71.1 Å². The number of carboxylic acids is 1. The van der Waals surface area contributed by atoms with E-state index < -0.39 is 17.8 Å². The summed E-state index contributed by atoms with van der Waals surface area (Å²) >= 11 is 0. The predicted molar refractivity (Wildman–Crippen MR) is 96.5 cm³/mol. The van der Waals surface area contributed by atoms with E-state index in [1.165, 1.54) is 0 Å². The molecule has 3 atom stereocenters. The largest absolute Gasteiger partial charge is 0.631 e. The number of nitrogens with zero attached hydrogens (tertiary/aromatic N) is 1. The Morgan fingerprint density at radius 1 is 1.12 bits per heavy atom. The van der Waals surface area contributed by atoms with E-state index in [4.69, 9.17) is 9.84 Å². The van der Waals surface area contributed by atoms with Crippen LogP contribution in [0.4, 0.5) is 0 Å². The Kier molecular flexibility index (Phi) is 9.93. The molecule has 6 nitrogen and oxygen atoms in total. The van der Waals surface area contributed by atoms with E-state index in [1.54, 1.807) is 7.05 Å². The number of aliphatic hydroxyl groups excluding tert-OH is 1. The van der Waals surface area contributed by atoms with Gasteiger partial charge in [-0.15, -0.1) is 0 Å². The van der Waals surface area contributed by atoms with E-state index in [0.717, 1.165) is 32.1 Å². The van der Waals surface area contributed by atoms with Crippen LogP contribution < -0.4 is 0 Å². The van der Waals surface area contributed by atoms with E-state index in [-0.39, 0.29) is 18.3 Å². The molecule has 25 heavy (non-hydrogen) atoms. The van der Waals surface area contributed by atoms with Gasteiger partial charge in [-0.2, -0.15) is 7.05 Å². The Morgan fingerprint density at radius 3 is 2.28 bits per heavy atom. The number of aliphatic hydroxyl groups is 1. The molecule has 0 aromatic rings. The van der Waals surface area contributed by atoms with Gasteiger partial charge < -0.3 is 20.3 Å². The van der Waals surface area contributed by atoms with Crippen LogP contribution in [-0.4, -0.2) is 46.9 Å². The van der Waals surface area contributed by atoms with Crippen LogP contribution in [0.3, 0.4) is 0 Å². The molecule has 0 aromatic carbocycles. The van der Waals surface area contributed by atoms with Crippen molar-refractivity contribution in [3.05, 3.63) is 17.5 Å². The van der Waals surface area contributed by atoms with E-state index >= 15 is 0 Å². The molecule has 1 rings (SSSR count). The van der Waals surface area contributed by atoms with E-state index in [1.807, 2.05) is 19.1 Å². The zero-order chi connectivity index (χ0) is 18.7. The Labute approximate surface area is 150 Å². The highest BCUT2D eigenvalue weighted by molar-refractivity contribution is 5.78. The summed E-state index contributed by atoms with van der Waals surface area (Å²) in [6.07, 6.45) is 9.72. The molecule has 1 saturated heterocycles. The number of carboxylic acid groups (broad SMARTS) is 1. The van der Waals surface area contributed by atoms with Crippen molar-refractivity contribution in [3.8, 4) is 0 Å². The number of unbranched alkanes of at least 4 members (excludes halogenated alkanes) is 4. The Balaban J connectivity index is 2.02. The number of likely N-dealkylation sites (N-methyl/N-ethyl adjacent to an activating group) is 1. The summed E-state index contributed by atoms with van der Waals surface area (Å²) in [6, 6.07) is 0. The monoisotopic (exact) mass is 354 g/mol. The summed E-state index contributed by atoms with van der Waals surface area (Å²) in [4.78, 5) is 22.2. The molecule has 1 fully saturated rings. The second-order valence-corrected chi connectivity index (χ2v) is 6.67. The fourth-order valence-corrected chi connectivity index (χ4v) is 3.05. The molecular weight excluding hydrogens is 322 g/mol. The summed E-state index contributed by atoms with van der Waals surface area (Å²) < 4.78 is 5.53. The molecule has 0 bridgehead atoms. The van der Waals surface area contributed by atoms with Gasteiger partial charge in [0.05, 0.1) is 12.2 Å². The fourth-order valence-electron chi connectivity index (χ4n) is 3.05. The van der Waals surface area contributed by atoms with Crippen LogP contribution >= 0.6 is 0 Å². The van der Waals surface area contributed by atoms with E-state index in [2.05, 4.69) is 5.32 Å². The number of ketones is 1. The minimum atomic E-state index is -0.759. The van der Waals surface area contributed by atoms with Crippen LogP contribution in [0.5, 0.6) is 0 Å². The van der Waals surface area contributed by atoms with Crippen LogP contribution in [-0.2, 0) is 14.3 Å². The smallest absolute Gasteiger partial charge is 0.303 e. The first-order chi connectivity index (χ1) is 11.9. The van der Waals surface area contributed by atoms with Gasteiger partial charge in [-0.3, -0.25) is 9.59 Å². The molecule has 0 aromatic heterocycles. The average Bonchev–Trinajstić information content (AvgIpc) is 3.29. The Bertz CT molecular complexity index is 451. The fraction of sp³-hybridized carbons (Fsp3) is 0.789. The maximum absolute atomic E-state index is 11.8. The first-order valence-electron chi connectivity index (χ1n) is 9.29. The molecule has 1 aliphatic heterocycles. The second-order valence-electron chi connectivity index (χ2n) is 6.67. The number of hydrogen-bond donors (Lipinski definition) is 2.